The Morgan fingerprint density at radius 1 is 0.880 bits per heavy atom. The molecule has 1 N–H and O–H groups in total. The number of carbonyl (C=O) groups is 2. The molecular formula is C21H26N2O2. The average molecular weight is 338 g/mol. The number of nitrogens with zero attached hydrogens (tertiary/aromatic N) is 1. The molecule has 2 aromatic carbocycles. The maximum absolute atomic E-state index is 11.9. The highest BCUT2D eigenvalue weighted by molar-refractivity contribution is 5.97. The van der Waals surface area contributed by atoms with Crippen molar-refractivity contribution in [3.05, 3.63) is 71.8 Å². The van der Waals surface area contributed by atoms with Crippen molar-refractivity contribution in [3.63, 3.8) is 0 Å². The topological polar surface area (TPSA) is 49.4 Å². The summed E-state index contributed by atoms with van der Waals surface area (Å²) in [5, 5.41) is 3.20. The molecule has 1 fully saturated rings. The molecule has 0 aliphatic carbocycles. The van der Waals surface area contributed by atoms with E-state index in [0.29, 0.717) is 18.4 Å². The van der Waals surface area contributed by atoms with Crippen molar-refractivity contribution in [1.82, 2.24) is 10.2 Å². The molecule has 1 saturated heterocycles. The minimum Gasteiger partial charge on any atom is -0.340 e. The van der Waals surface area contributed by atoms with Crippen molar-refractivity contribution in [2.24, 2.45) is 0 Å². The minimum absolute atomic E-state index is 0.0408. The summed E-state index contributed by atoms with van der Waals surface area (Å²) in [4.78, 5) is 25.6. The number of rotatable bonds is 4. The van der Waals surface area contributed by atoms with Crippen molar-refractivity contribution in [2.75, 3.05) is 26.2 Å². The van der Waals surface area contributed by atoms with Crippen LogP contribution in [0.15, 0.2) is 60.7 Å². The smallest absolute Gasteiger partial charge is 0.223 e. The zero-order valence-corrected chi connectivity index (χ0v) is 14.8. The van der Waals surface area contributed by atoms with E-state index in [1.807, 2.05) is 41.3 Å². The number of nitrogens with one attached hydrogen (secondary N) is 1. The fourth-order valence-electron chi connectivity index (χ4n) is 2.60. The summed E-state index contributed by atoms with van der Waals surface area (Å²) in [5.74, 6) is 0.125. The normalized spacial score (nSPS) is 13.6. The molecule has 1 aliphatic heterocycles. The highest BCUT2D eigenvalue weighted by atomic mass is 16.2. The highest BCUT2D eigenvalue weighted by Gasteiger charge is 2.17. The molecule has 4 nitrogen and oxygen atoms in total. The lowest BCUT2D eigenvalue weighted by Crippen LogP contribution is -2.46. The van der Waals surface area contributed by atoms with Crippen molar-refractivity contribution in [2.45, 2.75) is 19.8 Å². The molecule has 0 bridgehead atoms. The number of benzene rings is 2. The quantitative estimate of drug-likeness (QED) is 0.872. The van der Waals surface area contributed by atoms with Crippen LogP contribution in [0.2, 0.25) is 0 Å². The summed E-state index contributed by atoms with van der Waals surface area (Å²) in [7, 11) is 0. The van der Waals surface area contributed by atoms with Gasteiger partial charge < -0.3 is 10.2 Å². The maximum Gasteiger partial charge on any atom is 0.223 e. The number of amides is 1. The van der Waals surface area contributed by atoms with Crippen LogP contribution in [0.1, 0.15) is 28.8 Å². The van der Waals surface area contributed by atoms with Gasteiger partial charge in [-0.2, -0.15) is 0 Å². The number of hydrogen-bond acceptors (Lipinski definition) is 3. The van der Waals surface area contributed by atoms with E-state index in [-0.39, 0.29) is 11.7 Å². The molecule has 0 unspecified atom stereocenters. The van der Waals surface area contributed by atoms with Gasteiger partial charge in [-0.1, -0.05) is 66.2 Å². The predicted molar refractivity (Wildman–Crippen MR) is 101 cm³/mol. The third-order valence-electron chi connectivity index (χ3n) is 4.07. The fraction of sp³-hybridized carbons (Fsp3) is 0.333. The number of hydrogen-bond donors (Lipinski definition) is 1. The summed E-state index contributed by atoms with van der Waals surface area (Å²) in [6.07, 6.45) is 0.612. The first-order valence-electron chi connectivity index (χ1n) is 8.75. The first kappa shape index (κ1) is 18.9. The molecular weight excluding hydrogens is 312 g/mol. The van der Waals surface area contributed by atoms with Gasteiger partial charge >= 0.3 is 0 Å². The SMILES string of the molecule is Cc1ccccc1.O=C(CCC(=O)N1CCNCC1)c1ccccc1. The van der Waals surface area contributed by atoms with Gasteiger partial charge in [0.15, 0.2) is 5.78 Å². The Balaban J connectivity index is 0.000000269. The molecule has 0 saturated carbocycles. The monoisotopic (exact) mass is 338 g/mol. The van der Waals surface area contributed by atoms with Crippen molar-refractivity contribution < 1.29 is 9.59 Å². The molecule has 3 rings (SSSR count). The van der Waals surface area contributed by atoms with Gasteiger partial charge in [0.1, 0.15) is 0 Å². The van der Waals surface area contributed by atoms with Gasteiger partial charge in [-0.05, 0) is 6.92 Å². The molecule has 2 aromatic rings. The summed E-state index contributed by atoms with van der Waals surface area (Å²) in [6, 6.07) is 19.4. The number of Topliss-reactive ketones (excluding diaryl/α,β-unsaturated/α-hetero) is 1. The Morgan fingerprint density at radius 2 is 1.44 bits per heavy atom. The molecule has 0 radical (unpaired) electrons. The third-order valence-corrected chi connectivity index (χ3v) is 4.07. The Kier molecular flexibility index (Phi) is 7.86. The molecule has 1 amide bonds. The van der Waals surface area contributed by atoms with E-state index in [1.54, 1.807) is 12.1 Å². The van der Waals surface area contributed by atoms with Crippen LogP contribution in [0.3, 0.4) is 0 Å². The van der Waals surface area contributed by atoms with Gasteiger partial charge in [-0.3, -0.25) is 9.59 Å². The van der Waals surface area contributed by atoms with Gasteiger partial charge in [0.05, 0.1) is 0 Å². The average Bonchev–Trinajstić information content (AvgIpc) is 2.68. The second kappa shape index (κ2) is 10.4. The second-order valence-corrected chi connectivity index (χ2v) is 6.07. The molecule has 25 heavy (non-hydrogen) atoms. The molecule has 0 atom stereocenters. The lowest BCUT2D eigenvalue weighted by Gasteiger charge is -2.27. The first-order valence-corrected chi connectivity index (χ1v) is 8.75. The zero-order valence-electron chi connectivity index (χ0n) is 14.8. The van der Waals surface area contributed by atoms with E-state index < -0.39 is 0 Å². The number of carbonyl (C=O) groups excluding carboxylic acids is 2. The predicted octanol–water partition coefficient (Wildman–Crippen LogP) is 3.08. The lowest BCUT2D eigenvalue weighted by molar-refractivity contribution is -0.131. The van der Waals surface area contributed by atoms with Crippen LogP contribution in [0.25, 0.3) is 0 Å². The van der Waals surface area contributed by atoms with E-state index in [4.69, 9.17) is 0 Å². The summed E-state index contributed by atoms with van der Waals surface area (Å²) < 4.78 is 0. The molecule has 1 aliphatic rings. The van der Waals surface area contributed by atoms with Gasteiger partial charge in [-0.15, -0.1) is 0 Å². The molecule has 0 aromatic heterocycles. The fourth-order valence-corrected chi connectivity index (χ4v) is 2.60. The van der Waals surface area contributed by atoms with Gasteiger partial charge in [0.25, 0.3) is 0 Å². The Bertz CT molecular complexity index is 650. The van der Waals surface area contributed by atoms with E-state index >= 15 is 0 Å². The Hall–Kier alpha value is -2.46. The molecule has 0 spiro atoms. The minimum atomic E-state index is 0.0408. The first-order chi connectivity index (χ1) is 12.2. The van der Waals surface area contributed by atoms with E-state index in [9.17, 15) is 9.59 Å². The van der Waals surface area contributed by atoms with Crippen LogP contribution in [0.4, 0.5) is 0 Å². The van der Waals surface area contributed by atoms with Crippen LogP contribution in [0, 0.1) is 6.92 Å². The standard InChI is InChI=1S/C14H18N2O2.C7H8/c17-13(12-4-2-1-3-5-12)6-7-14(18)16-10-8-15-9-11-16;1-7-5-3-2-4-6-7/h1-5,15H,6-11H2;2-6H,1H3. The summed E-state index contributed by atoms with van der Waals surface area (Å²) >= 11 is 0. The maximum atomic E-state index is 11.9. The van der Waals surface area contributed by atoms with Crippen LogP contribution in [0.5, 0.6) is 0 Å². The van der Waals surface area contributed by atoms with Crippen molar-refractivity contribution in [3.8, 4) is 0 Å². The molecule has 4 heteroatoms. The highest BCUT2D eigenvalue weighted by Crippen LogP contribution is 2.07. The number of aryl methyl sites for hydroxylation is 1. The number of piperazine rings is 1. The largest absolute Gasteiger partial charge is 0.340 e. The lowest BCUT2D eigenvalue weighted by atomic mass is 10.1. The summed E-state index contributed by atoms with van der Waals surface area (Å²) in [5.41, 5.74) is 2.01. The van der Waals surface area contributed by atoms with Gasteiger partial charge in [0.2, 0.25) is 5.91 Å². The van der Waals surface area contributed by atoms with Crippen LogP contribution in [-0.4, -0.2) is 42.8 Å². The van der Waals surface area contributed by atoms with Crippen LogP contribution in [-0.2, 0) is 4.79 Å². The van der Waals surface area contributed by atoms with Crippen molar-refractivity contribution in [1.29, 1.82) is 0 Å². The third kappa shape index (κ3) is 6.89. The number of ketones is 1. The Labute approximate surface area is 149 Å². The van der Waals surface area contributed by atoms with E-state index in [0.717, 1.165) is 26.2 Å². The van der Waals surface area contributed by atoms with Crippen LogP contribution >= 0.6 is 0 Å². The van der Waals surface area contributed by atoms with E-state index in [2.05, 4.69) is 24.4 Å². The zero-order chi connectivity index (χ0) is 17.9. The molecule has 132 valence electrons. The molecule has 1 heterocycles. The van der Waals surface area contributed by atoms with Gasteiger partial charge in [-0.25, -0.2) is 0 Å². The Morgan fingerprint density at radius 3 is 1.96 bits per heavy atom. The van der Waals surface area contributed by atoms with E-state index in [1.165, 1.54) is 5.56 Å². The summed E-state index contributed by atoms with van der Waals surface area (Å²) in [6.45, 7) is 5.27. The second-order valence-electron chi connectivity index (χ2n) is 6.07. The van der Waals surface area contributed by atoms with Crippen LogP contribution < -0.4 is 5.32 Å². The van der Waals surface area contributed by atoms with Gasteiger partial charge in [0, 0.05) is 44.6 Å². The van der Waals surface area contributed by atoms with Crippen molar-refractivity contribution >= 4 is 11.7 Å².